The minimum atomic E-state index is -0.970. The van der Waals surface area contributed by atoms with E-state index >= 15 is 0 Å². The Morgan fingerprint density at radius 2 is 2.09 bits per heavy atom. The number of carbonyl (C=O) groups is 2. The molecule has 1 aromatic carbocycles. The van der Waals surface area contributed by atoms with Crippen molar-refractivity contribution >= 4 is 28.5 Å². The SMILES string of the molecule is O=C(CC1CCOCC1)Nc1ccc2c(C(=O)O)c[nH]c2c1. The van der Waals surface area contributed by atoms with E-state index in [1.807, 2.05) is 0 Å². The van der Waals surface area contributed by atoms with Crippen molar-refractivity contribution in [3.63, 3.8) is 0 Å². The Hall–Kier alpha value is -2.34. The molecule has 0 saturated carbocycles. The van der Waals surface area contributed by atoms with E-state index in [4.69, 9.17) is 9.84 Å². The number of benzene rings is 1. The number of aromatic amines is 1. The molecule has 0 aliphatic carbocycles. The summed E-state index contributed by atoms with van der Waals surface area (Å²) in [4.78, 5) is 26.0. The third-order valence-electron chi connectivity index (χ3n) is 4.01. The van der Waals surface area contributed by atoms with Gasteiger partial charge in [0.25, 0.3) is 0 Å². The molecule has 1 saturated heterocycles. The highest BCUT2D eigenvalue weighted by Crippen LogP contribution is 2.23. The standard InChI is InChI=1S/C16H18N2O4/c19-15(7-10-3-5-22-6-4-10)18-11-1-2-12-13(16(20)21)9-17-14(12)8-11/h1-2,8-10,17H,3-7H2,(H,18,19)(H,20,21). The Balaban J connectivity index is 1.68. The number of aromatic nitrogens is 1. The summed E-state index contributed by atoms with van der Waals surface area (Å²) < 4.78 is 5.29. The zero-order valence-corrected chi connectivity index (χ0v) is 12.1. The van der Waals surface area contributed by atoms with Gasteiger partial charge in [0.1, 0.15) is 0 Å². The van der Waals surface area contributed by atoms with Crippen molar-refractivity contribution < 1.29 is 19.4 Å². The normalized spacial score (nSPS) is 15.8. The number of carbonyl (C=O) groups excluding carboxylic acids is 1. The Labute approximate surface area is 127 Å². The summed E-state index contributed by atoms with van der Waals surface area (Å²) in [5, 5.41) is 12.6. The maximum absolute atomic E-state index is 12.1. The van der Waals surface area contributed by atoms with Crippen molar-refractivity contribution in [3.05, 3.63) is 30.0 Å². The number of anilines is 1. The van der Waals surface area contributed by atoms with Crippen LogP contribution in [0.4, 0.5) is 5.69 Å². The van der Waals surface area contributed by atoms with Gasteiger partial charge in [0, 0.05) is 42.4 Å². The summed E-state index contributed by atoms with van der Waals surface area (Å²) in [7, 11) is 0. The Bertz CT molecular complexity index is 701. The summed E-state index contributed by atoms with van der Waals surface area (Å²) in [5.74, 6) is -0.611. The number of nitrogens with one attached hydrogen (secondary N) is 2. The van der Waals surface area contributed by atoms with Gasteiger partial charge in [0.05, 0.1) is 5.56 Å². The highest BCUT2D eigenvalue weighted by Gasteiger charge is 2.18. The molecule has 0 unspecified atom stereocenters. The first kappa shape index (κ1) is 14.6. The average Bonchev–Trinajstić information content (AvgIpc) is 2.91. The van der Waals surface area contributed by atoms with Crippen LogP contribution >= 0.6 is 0 Å². The highest BCUT2D eigenvalue weighted by molar-refractivity contribution is 6.04. The van der Waals surface area contributed by atoms with Crippen LogP contribution in [0.15, 0.2) is 24.4 Å². The van der Waals surface area contributed by atoms with Crippen LogP contribution in [-0.2, 0) is 9.53 Å². The molecule has 1 aliphatic rings. The second kappa shape index (κ2) is 6.19. The molecule has 1 aromatic heterocycles. The third kappa shape index (κ3) is 3.12. The molecular formula is C16H18N2O4. The zero-order valence-electron chi connectivity index (χ0n) is 12.1. The number of carboxylic acids is 1. The van der Waals surface area contributed by atoms with Crippen molar-refractivity contribution in [1.82, 2.24) is 4.98 Å². The fraction of sp³-hybridized carbons (Fsp3) is 0.375. The molecule has 22 heavy (non-hydrogen) atoms. The lowest BCUT2D eigenvalue weighted by Gasteiger charge is -2.21. The number of H-pyrrole nitrogens is 1. The second-order valence-corrected chi connectivity index (χ2v) is 5.58. The van der Waals surface area contributed by atoms with Crippen LogP contribution in [0.25, 0.3) is 10.9 Å². The lowest BCUT2D eigenvalue weighted by Crippen LogP contribution is -2.22. The fourth-order valence-electron chi connectivity index (χ4n) is 2.81. The maximum Gasteiger partial charge on any atom is 0.337 e. The zero-order chi connectivity index (χ0) is 15.5. The topological polar surface area (TPSA) is 91.4 Å². The summed E-state index contributed by atoms with van der Waals surface area (Å²) in [6.45, 7) is 1.45. The first-order chi connectivity index (χ1) is 10.6. The molecular weight excluding hydrogens is 284 g/mol. The van der Waals surface area contributed by atoms with Gasteiger partial charge in [-0.1, -0.05) is 0 Å². The van der Waals surface area contributed by atoms with Crippen LogP contribution in [0.5, 0.6) is 0 Å². The lowest BCUT2D eigenvalue weighted by molar-refractivity contribution is -0.117. The fourth-order valence-corrected chi connectivity index (χ4v) is 2.81. The quantitative estimate of drug-likeness (QED) is 0.809. The van der Waals surface area contributed by atoms with Gasteiger partial charge < -0.3 is 20.1 Å². The molecule has 3 N–H and O–H groups in total. The molecule has 0 bridgehead atoms. The van der Waals surface area contributed by atoms with Crippen molar-refractivity contribution in [1.29, 1.82) is 0 Å². The van der Waals surface area contributed by atoms with Gasteiger partial charge in [-0.3, -0.25) is 4.79 Å². The van der Waals surface area contributed by atoms with Gasteiger partial charge in [-0.25, -0.2) is 4.79 Å². The number of hydrogen-bond donors (Lipinski definition) is 3. The minimum absolute atomic E-state index is 0.0173. The summed E-state index contributed by atoms with van der Waals surface area (Å²) in [6.07, 6.45) is 3.79. The monoisotopic (exact) mass is 302 g/mol. The van der Waals surface area contributed by atoms with Crippen LogP contribution in [0.3, 0.4) is 0 Å². The van der Waals surface area contributed by atoms with Gasteiger partial charge in [0.2, 0.25) is 5.91 Å². The van der Waals surface area contributed by atoms with Crippen LogP contribution in [0.1, 0.15) is 29.6 Å². The molecule has 6 nitrogen and oxygen atoms in total. The second-order valence-electron chi connectivity index (χ2n) is 5.58. The first-order valence-corrected chi connectivity index (χ1v) is 7.35. The Kier molecular flexibility index (Phi) is 4.11. The van der Waals surface area contributed by atoms with E-state index in [1.54, 1.807) is 18.2 Å². The number of carboxylic acid groups (broad SMARTS) is 1. The molecule has 0 radical (unpaired) electrons. The highest BCUT2D eigenvalue weighted by atomic mass is 16.5. The van der Waals surface area contributed by atoms with Gasteiger partial charge in [-0.15, -0.1) is 0 Å². The summed E-state index contributed by atoms with van der Waals surface area (Å²) in [6, 6.07) is 5.19. The van der Waals surface area contributed by atoms with E-state index in [0.717, 1.165) is 26.1 Å². The molecule has 1 amide bonds. The first-order valence-electron chi connectivity index (χ1n) is 7.35. The Morgan fingerprint density at radius 3 is 2.82 bits per heavy atom. The predicted octanol–water partition coefficient (Wildman–Crippen LogP) is 2.62. The number of amides is 1. The maximum atomic E-state index is 12.1. The van der Waals surface area contributed by atoms with Crippen molar-refractivity contribution in [2.45, 2.75) is 19.3 Å². The predicted molar refractivity (Wildman–Crippen MR) is 82.0 cm³/mol. The largest absolute Gasteiger partial charge is 0.478 e. The molecule has 2 heterocycles. The number of fused-ring (bicyclic) bond motifs is 1. The van der Waals surface area contributed by atoms with Gasteiger partial charge in [0.15, 0.2) is 0 Å². The molecule has 6 heteroatoms. The van der Waals surface area contributed by atoms with E-state index in [0.29, 0.717) is 28.9 Å². The van der Waals surface area contributed by atoms with E-state index in [9.17, 15) is 9.59 Å². The molecule has 116 valence electrons. The van der Waals surface area contributed by atoms with E-state index in [1.165, 1.54) is 6.20 Å². The third-order valence-corrected chi connectivity index (χ3v) is 4.01. The van der Waals surface area contributed by atoms with Gasteiger partial charge >= 0.3 is 5.97 Å². The number of ether oxygens (including phenoxy) is 1. The molecule has 0 atom stereocenters. The van der Waals surface area contributed by atoms with Crippen molar-refractivity contribution in [3.8, 4) is 0 Å². The minimum Gasteiger partial charge on any atom is -0.478 e. The molecule has 0 spiro atoms. The molecule has 1 fully saturated rings. The van der Waals surface area contributed by atoms with Crippen molar-refractivity contribution in [2.24, 2.45) is 5.92 Å². The van der Waals surface area contributed by atoms with E-state index in [2.05, 4.69) is 10.3 Å². The van der Waals surface area contributed by atoms with E-state index < -0.39 is 5.97 Å². The van der Waals surface area contributed by atoms with Crippen LogP contribution in [0, 0.1) is 5.92 Å². The van der Waals surface area contributed by atoms with Crippen molar-refractivity contribution in [2.75, 3.05) is 18.5 Å². The lowest BCUT2D eigenvalue weighted by atomic mass is 9.96. The molecule has 2 aromatic rings. The van der Waals surface area contributed by atoms with E-state index in [-0.39, 0.29) is 11.5 Å². The smallest absolute Gasteiger partial charge is 0.337 e. The average molecular weight is 302 g/mol. The van der Waals surface area contributed by atoms with Crippen LogP contribution in [-0.4, -0.2) is 35.2 Å². The number of rotatable bonds is 4. The van der Waals surface area contributed by atoms with Gasteiger partial charge in [-0.2, -0.15) is 0 Å². The van der Waals surface area contributed by atoms with Crippen LogP contribution in [0.2, 0.25) is 0 Å². The van der Waals surface area contributed by atoms with Crippen LogP contribution < -0.4 is 5.32 Å². The van der Waals surface area contributed by atoms with Gasteiger partial charge in [-0.05, 0) is 37.0 Å². The number of hydrogen-bond acceptors (Lipinski definition) is 3. The molecule has 1 aliphatic heterocycles. The molecule has 3 rings (SSSR count). The summed E-state index contributed by atoms with van der Waals surface area (Å²) in [5.41, 5.74) is 1.60. The number of aromatic carboxylic acids is 1. The summed E-state index contributed by atoms with van der Waals surface area (Å²) >= 11 is 0. The Morgan fingerprint density at radius 1 is 1.32 bits per heavy atom.